The Morgan fingerprint density at radius 1 is 1.22 bits per heavy atom. The minimum atomic E-state index is -0.975. The maximum absolute atomic E-state index is 14.0. The van der Waals surface area contributed by atoms with Crippen molar-refractivity contribution in [3.63, 3.8) is 0 Å². The van der Waals surface area contributed by atoms with Crippen molar-refractivity contribution >= 4 is 11.8 Å². The van der Waals surface area contributed by atoms with Gasteiger partial charge in [-0.05, 0) is 44.0 Å². The number of aromatic nitrogens is 2. The molecule has 0 radical (unpaired) electrons. The quantitative estimate of drug-likeness (QED) is 0.756. The zero-order valence-electron chi connectivity index (χ0n) is 19.4. The molecule has 0 spiro atoms. The average molecular weight is 448 g/mol. The first-order valence-electron chi connectivity index (χ1n) is 10.7. The molecule has 1 aromatic carbocycles. The summed E-state index contributed by atoms with van der Waals surface area (Å²) < 4.78 is 29.4. The second kappa shape index (κ2) is 8.97. The van der Waals surface area contributed by atoms with Gasteiger partial charge in [-0.25, -0.2) is 13.8 Å². The Morgan fingerprint density at radius 3 is 2.50 bits per heavy atom. The van der Waals surface area contributed by atoms with Crippen LogP contribution in [0, 0.1) is 17.0 Å². The van der Waals surface area contributed by atoms with Crippen LogP contribution >= 0.6 is 0 Å². The van der Waals surface area contributed by atoms with E-state index < -0.39 is 29.0 Å². The lowest BCUT2D eigenvalue weighted by Gasteiger charge is -2.29. The molecule has 32 heavy (non-hydrogen) atoms. The minimum absolute atomic E-state index is 0.184. The summed E-state index contributed by atoms with van der Waals surface area (Å²) in [4.78, 5) is 32.4. The van der Waals surface area contributed by atoms with Gasteiger partial charge in [0, 0.05) is 31.7 Å². The first kappa shape index (κ1) is 23.8. The number of rotatable bonds is 4. The number of nitrogens with one attached hydrogen (secondary N) is 2. The summed E-state index contributed by atoms with van der Waals surface area (Å²) >= 11 is 0. The van der Waals surface area contributed by atoms with Crippen LogP contribution in [0.3, 0.4) is 0 Å². The summed E-state index contributed by atoms with van der Waals surface area (Å²) in [5.41, 5.74) is 0.725. The normalized spacial score (nSPS) is 17.9. The lowest BCUT2D eigenvalue weighted by molar-refractivity contribution is -0.124. The number of nitrogens with zero attached hydrogens (tertiary/aromatic N) is 3. The summed E-state index contributed by atoms with van der Waals surface area (Å²) in [6.45, 7) is 8.72. The fraction of sp³-hybridized carbons (Fsp3) is 0.522. The highest BCUT2D eigenvalue weighted by Crippen LogP contribution is 2.29. The fourth-order valence-corrected chi connectivity index (χ4v) is 3.87. The van der Waals surface area contributed by atoms with E-state index in [1.165, 1.54) is 13.1 Å². The zero-order chi connectivity index (χ0) is 23.8. The Kier molecular flexibility index (Phi) is 6.69. The lowest BCUT2D eigenvalue weighted by Crippen LogP contribution is -2.53. The Labute approximate surface area is 187 Å². The molecule has 0 bridgehead atoms. The van der Waals surface area contributed by atoms with Crippen LogP contribution in [0.25, 0.3) is 11.4 Å². The van der Waals surface area contributed by atoms with Crippen LogP contribution in [0.4, 0.5) is 8.78 Å². The van der Waals surface area contributed by atoms with Crippen LogP contribution in [0.1, 0.15) is 50.3 Å². The van der Waals surface area contributed by atoms with Crippen molar-refractivity contribution in [2.24, 2.45) is 5.41 Å². The number of halogens is 2. The standard InChI is InChI=1S/C23H31F2N5O2/c1-13-9-10-30-17(12-29(13)6)18(21(31)28-19(22(32)26-5)23(2,3)4)27-20(30)14-7-8-15(24)16(25)11-14/h7-8,11,13,19H,9-10,12H2,1-6H3,(H,26,32)(H,28,31). The Hall–Kier alpha value is -2.81. The second-order valence-electron chi connectivity index (χ2n) is 9.45. The Morgan fingerprint density at radius 2 is 1.91 bits per heavy atom. The third-order valence-electron chi connectivity index (χ3n) is 6.04. The van der Waals surface area contributed by atoms with E-state index in [-0.39, 0.29) is 17.6 Å². The molecule has 9 heteroatoms. The first-order chi connectivity index (χ1) is 14.9. The third kappa shape index (κ3) is 4.67. The van der Waals surface area contributed by atoms with Gasteiger partial charge in [0.25, 0.3) is 5.91 Å². The van der Waals surface area contributed by atoms with Crippen LogP contribution in [-0.4, -0.2) is 52.4 Å². The van der Waals surface area contributed by atoms with Crippen molar-refractivity contribution < 1.29 is 18.4 Å². The number of hydrogen-bond acceptors (Lipinski definition) is 4. The van der Waals surface area contributed by atoms with Crippen LogP contribution in [0.2, 0.25) is 0 Å². The third-order valence-corrected chi connectivity index (χ3v) is 6.04. The highest BCUT2D eigenvalue weighted by atomic mass is 19.2. The molecule has 2 amide bonds. The smallest absolute Gasteiger partial charge is 0.272 e. The predicted octanol–water partition coefficient (Wildman–Crippen LogP) is 2.94. The lowest BCUT2D eigenvalue weighted by atomic mass is 9.86. The van der Waals surface area contributed by atoms with Gasteiger partial charge >= 0.3 is 0 Å². The molecule has 1 aliphatic heterocycles. The molecule has 2 N–H and O–H groups in total. The number of fused-ring (bicyclic) bond motifs is 1. The molecule has 2 heterocycles. The summed E-state index contributed by atoms with van der Waals surface area (Å²) in [6.07, 6.45) is 0.806. The van der Waals surface area contributed by atoms with Crippen molar-refractivity contribution in [3.05, 3.63) is 41.2 Å². The summed E-state index contributed by atoms with van der Waals surface area (Å²) in [5, 5.41) is 5.42. The number of amides is 2. The van der Waals surface area contributed by atoms with E-state index >= 15 is 0 Å². The predicted molar refractivity (Wildman–Crippen MR) is 118 cm³/mol. The van der Waals surface area contributed by atoms with Crippen molar-refractivity contribution in [2.75, 3.05) is 14.1 Å². The number of likely N-dealkylation sites (N-methyl/N-ethyl adjacent to an activating group) is 1. The molecule has 0 fully saturated rings. The Bertz CT molecular complexity index is 1030. The maximum atomic E-state index is 14.0. The number of benzene rings is 1. The van der Waals surface area contributed by atoms with Gasteiger partial charge in [0.15, 0.2) is 17.3 Å². The van der Waals surface area contributed by atoms with Crippen molar-refractivity contribution in [2.45, 2.75) is 59.3 Å². The van der Waals surface area contributed by atoms with Crippen LogP contribution < -0.4 is 10.6 Å². The van der Waals surface area contributed by atoms with E-state index in [1.807, 2.05) is 32.4 Å². The fourth-order valence-electron chi connectivity index (χ4n) is 3.87. The molecular weight excluding hydrogens is 416 g/mol. The van der Waals surface area contributed by atoms with Crippen molar-refractivity contribution in [3.8, 4) is 11.4 Å². The highest BCUT2D eigenvalue weighted by Gasteiger charge is 2.35. The van der Waals surface area contributed by atoms with Crippen molar-refractivity contribution in [1.29, 1.82) is 0 Å². The monoisotopic (exact) mass is 447 g/mol. The SMILES string of the molecule is CNC(=O)C(NC(=O)c1nc(-c2ccc(F)c(F)c2)n2c1CN(C)C(C)CC2)C(C)(C)C. The molecule has 2 aromatic rings. The highest BCUT2D eigenvalue weighted by molar-refractivity contribution is 5.97. The van der Waals surface area contributed by atoms with Crippen LogP contribution in [0.5, 0.6) is 0 Å². The number of carbonyl (C=O) groups excluding carboxylic acids is 2. The van der Waals surface area contributed by atoms with Gasteiger partial charge in [0.1, 0.15) is 11.9 Å². The van der Waals surface area contributed by atoms with Gasteiger partial charge in [0.2, 0.25) is 5.91 Å². The number of carbonyl (C=O) groups is 2. The summed E-state index contributed by atoms with van der Waals surface area (Å²) in [7, 11) is 3.49. The van der Waals surface area contributed by atoms with Crippen LogP contribution in [-0.2, 0) is 17.9 Å². The number of hydrogen-bond donors (Lipinski definition) is 2. The molecule has 1 aromatic heterocycles. The van der Waals surface area contributed by atoms with Gasteiger partial charge in [0.05, 0.1) is 5.69 Å². The van der Waals surface area contributed by atoms with Crippen LogP contribution in [0.15, 0.2) is 18.2 Å². The minimum Gasteiger partial charge on any atom is -0.357 e. The molecule has 0 saturated carbocycles. The van der Waals surface area contributed by atoms with Gasteiger partial charge in [-0.2, -0.15) is 0 Å². The topological polar surface area (TPSA) is 79.3 Å². The van der Waals surface area contributed by atoms with Gasteiger partial charge < -0.3 is 15.2 Å². The van der Waals surface area contributed by atoms with E-state index in [4.69, 9.17) is 0 Å². The first-order valence-corrected chi connectivity index (χ1v) is 10.7. The molecule has 0 saturated heterocycles. The molecule has 1 aliphatic rings. The summed E-state index contributed by atoms with van der Waals surface area (Å²) in [5.74, 6) is -2.30. The zero-order valence-corrected chi connectivity index (χ0v) is 19.4. The van der Waals surface area contributed by atoms with E-state index in [1.54, 1.807) is 0 Å². The van der Waals surface area contributed by atoms with Gasteiger partial charge in [-0.15, -0.1) is 0 Å². The molecular formula is C23H31F2N5O2. The van der Waals surface area contributed by atoms with E-state index in [0.29, 0.717) is 30.2 Å². The van der Waals surface area contributed by atoms with E-state index in [9.17, 15) is 18.4 Å². The second-order valence-corrected chi connectivity index (χ2v) is 9.45. The van der Waals surface area contributed by atoms with E-state index in [0.717, 1.165) is 18.6 Å². The van der Waals surface area contributed by atoms with Gasteiger partial charge in [-0.3, -0.25) is 14.5 Å². The number of imidazole rings is 1. The molecule has 2 atom stereocenters. The molecule has 2 unspecified atom stereocenters. The molecule has 0 aliphatic carbocycles. The molecule has 3 rings (SSSR count). The summed E-state index contributed by atoms with van der Waals surface area (Å²) in [6, 6.07) is 3.09. The largest absolute Gasteiger partial charge is 0.357 e. The molecule has 174 valence electrons. The average Bonchev–Trinajstić information content (AvgIpc) is 3.01. The van der Waals surface area contributed by atoms with Gasteiger partial charge in [-0.1, -0.05) is 20.8 Å². The van der Waals surface area contributed by atoms with Crippen molar-refractivity contribution in [1.82, 2.24) is 25.1 Å². The maximum Gasteiger partial charge on any atom is 0.272 e. The van der Waals surface area contributed by atoms with E-state index in [2.05, 4.69) is 27.4 Å². The Balaban J connectivity index is 2.09. The molecule has 7 nitrogen and oxygen atoms in total.